The quantitative estimate of drug-likeness (QED) is 0.571. The summed E-state index contributed by atoms with van der Waals surface area (Å²) in [5.74, 6) is 0.459. The number of carbonyl (C=O) groups excluding carboxylic acids is 2. The van der Waals surface area contributed by atoms with Crippen LogP contribution in [0.15, 0.2) is 66.7 Å². The summed E-state index contributed by atoms with van der Waals surface area (Å²) in [6.07, 6.45) is 1.96. The minimum absolute atomic E-state index is 0.103. The summed E-state index contributed by atoms with van der Waals surface area (Å²) in [5.41, 5.74) is 6.19. The highest BCUT2D eigenvalue weighted by atomic mass is 35.5. The van der Waals surface area contributed by atoms with Crippen molar-refractivity contribution >= 4 is 34.2 Å². The molecular formula is C26H27ClN2O3. The molecule has 0 aliphatic carbocycles. The van der Waals surface area contributed by atoms with Crippen LogP contribution in [0.1, 0.15) is 24.8 Å². The lowest BCUT2D eigenvalue weighted by Gasteiger charge is -2.41. The number of ether oxygens (including phenoxy) is 1. The van der Waals surface area contributed by atoms with Gasteiger partial charge in [-0.15, -0.1) is 0 Å². The Bertz CT molecular complexity index is 1110. The summed E-state index contributed by atoms with van der Waals surface area (Å²) in [6, 6.07) is 21.4. The Balaban J connectivity index is 1.38. The number of amides is 2. The van der Waals surface area contributed by atoms with E-state index in [0.717, 1.165) is 10.9 Å². The van der Waals surface area contributed by atoms with E-state index >= 15 is 0 Å². The van der Waals surface area contributed by atoms with Crippen molar-refractivity contribution in [3.63, 3.8) is 0 Å². The summed E-state index contributed by atoms with van der Waals surface area (Å²) in [4.78, 5) is 26.6. The smallest absolute Gasteiger partial charge is 0.226 e. The van der Waals surface area contributed by atoms with Gasteiger partial charge in [-0.2, -0.15) is 0 Å². The van der Waals surface area contributed by atoms with Crippen molar-refractivity contribution in [1.29, 1.82) is 0 Å². The van der Waals surface area contributed by atoms with Crippen LogP contribution in [-0.2, 0) is 16.0 Å². The number of likely N-dealkylation sites (tertiary alicyclic amines) is 1. The van der Waals surface area contributed by atoms with Crippen LogP contribution >= 0.6 is 11.6 Å². The molecule has 2 amide bonds. The third-order valence-corrected chi connectivity index (χ3v) is 6.51. The minimum Gasteiger partial charge on any atom is -0.493 e. The van der Waals surface area contributed by atoms with Crippen molar-refractivity contribution in [3.05, 3.63) is 77.3 Å². The molecule has 166 valence electrons. The Kier molecular flexibility index (Phi) is 6.66. The number of nitrogens with zero attached hydrogens (tertiary/aromatic N) is 1. The molecule has 0 bridgehead atoms. The molecule has 3 aromatic carbocycles. The molecule has 1 saturated heterocycles. The first-order valence-corrected chi connectivity index (χ1v) is 11.2. The summed E-state index contributed by atoms with van der Waals surface area (Å²) in [7, 11) is 0. The van der Waals surface area contributed by atoms with Crippen LogP contribution in [0.4, 0.5) is 0 Å². The van der Waals surface area contributed by atoms with E-state index in [9.17, 15) is 9.59 Å². The molecule has 32 heavy (non-hydrogen) atoms. The van der Waals surface area contributed by atoms with Crippen molar-refractivity contribution in [2.75, 3.05) is 19.7 Å². The van der Waals surface area contributed by atoms with E-state index in [-0.39, 0.29) is 23.7 Å². The second kappa shape index (κ2) is 9.61. The molecule has 0 spiro atoms. The molecule has 0 aromatic heterocycles. The first-order valence-electron chi connectivity index (χ1n) is 10.8. The van der Waals surface area contributed by atoms with Gasteiger partial charge in [0.05, 0.1) is 13.0 Å². The van der Waals surface area contributed by atoms with Crippen molar-refractivity contribution < 1.29 is 14.3 Å². The van der Waals surface area contributed by atoms with Crippen molar-refractivity contribution in [2.24, 2.45) is 11.1 Å². The molecule has 0 saturated carbocycles. The highest BCUT2D eigenvalue weighted by Crippen LogP contribution is 2.36. The second-order valence-corrected chi connectivity index (χ2v) is 9.06. The number of carbonyl (C=O) groups is 2. The average molecular weight is 451 g/mol. The normalized spacial score (nSPS) is 15.5. The zero-order chi connectivity index (χ0) is 22.6. The SMILES string of the molecule is NC(=O)CC1(COc2ccc(Cl)cc2)CCN(C(=O)Cc2ccc3ccccc3c2)CC1. The van der Waals surface area contributed by atoms with Crippen LogP contribution in [0, 0.1) is 5.41 Å². The largest absolute Gasteiger partial charge is 0.493 e. The molecule has 0 unspecified atom stereocenters. The van der Waals surface area contributed by atoms with E-state index in [1.165, 1.54) is 5.39 Å². The lowest BCUT2D eigenvalue weighted by atomic mass is 9.76. The second-order valence-electron chi connectivity index (χ2n) is 8.62. The van der Waals surface area contributed by atoms with Crippen LogP contribution in [-0.4, -0.2) is 36.4 Å². The fourth-order valence-corrected chi connectivity index (χ4v) is 4.50. The number of benzene rings is 3. The first-order chi connectivity index (χ1) is 15.4. The predicted molar refractivity (Wildman–Crippen MR) is 127 cm³/mol. The molecule has 1 aliphatic heterocycles. The lowest BCUT2D eigenvalue weighted by molar-refractivity contribution is -0.133. The van der Waals surface area contributed by atoms with Gasteiger partial charge in [0.15, 0.2) is 0 Å². The Morgan fingerprint density at radius 3 is 2.34 bits per heavy atom. The maximum Gasteiger partial charge on any atom is 0.226 e. The maximum atomic E-state index is 12.9. The van der Waals surface area contributed by atoms with Crippen LogP contribution in [0.2, 0.25) is 5.02 Å². The highest BCUT2D eigenvalue weighted by molar-refractivity contribution is 6.30. The van der Waals surface area contributed by atoms with E-state index in [2.05, 4.69) is 24.3 Å². The standard InChI is InChI=1S/C26H27ClN2O3/c27-22-7-9-23(10-8-22)32-18-26(17-24(28)30)11-13-29(14-12-26)25(31)16-19-5-6-20-3-1-2-4-21(20)15-19/h1-10,15H,11-14,16-18H2,(H2,28,30). The summed E-state index contributed by atoms with van der Waals surface area (Å²) in [5, 5.41) is 2.94. The van der Waals surface area contributed by atoms with Gasteiger partial charge < -0.3 is 15.4 Å². The van der Waals surface area contributed by atoms with E-state index in [4.69, 9.17) is 22.1 Å². The minimum atomic E-state index is -0.370. The Morgan fingerprint density at radius 2 is 1.66 bits per heavy atom. The Morgan fingerprint density at radius 1 is 0.969 bits per heavy atom. The molecule has 1 heterocycles. The summed E-state index contributed by atoms with van der Waals surface area (Å²) >= 11 is 5.93. The average Bonchev–Trinajstić information content (AvgIpc) is 2.79. The van der Waals surface area contributed by atoms with Crippen molar-refractivity contribution in [3.8, 4) is 5.75 Å². The maximum absolute atomic E-state index is 12.9. The summed E-state index contributed by atoms with van der Waals surface area (Å²) in [6.45, 7) is 1.55. The number of halogens is 1. The van der Waals surface area contributed by atoms with E-state index in [1.54, 1.807) is 12.1 Å². The number of piperidine rings is 1. The zero-order valence-corrected chi connectivity index (χ0v) is 18.7. The number of hydrogen-bond donors (Lipinski definition) is 1. The molecule has 0 atom stereocenters. The first kappa shape index (κ1) is 22.2. The van der Waals surface area contributed by atoms with E-state index in [1.807, 2.05) is 35.2 Å². The number of hydrogen-bond acceptors (Lipinski definition) is 3. The molecule has 4 rings (SSSR count). The monoisotopic (exact) mass is 450 g/mol. The topological polar surface area (TPSA) is 72.6 Å². The van der Waals surface area contributed by atoms with Crippen molar-refractivity contribution in [1.82, 2.24) is 4.90 Å². The van der Waals surface area contributed by atoms with Gasteiger partial charge in [-0.25, -0.2) is 0 Å². The number of nitrogens with two attached hydrogens (primary N) is 1. The van der Waals surface area contributed by atoms with Gasteiger partial charge in [-0.05, 0) is 53.4 Å². The van der Waals surface area contributed by atoms with Gasteiger partial charge in [0.2, 0.25) is 11.8 Å². The molecule has 5 nitrogen and oxygen atoms in total. The zero-order valence-electron chi connectivity index (χ0n) is 17.9. The number of rotatable bonds is 7. The van der Waals surface area contributed by atoms with E-state index < -0.39 is 0 Å². The molecule has 6 heteroatoms. The summed E-state index contributed by atoms with van der Waals surface area (Å²) < 4.78 is 5.97. The third-order valence-electron chi connectivity index (χ3n) is 6.25. The van der Waals surface area contributed by atoms with Gasteiger partial charge in [-0.3, -0.25) is 9.59 Å². The molecule has 1 fully saturated rings. The van der Waals surface area contributed by atoms with Crippen LogP contribution in [0.25, 0.3) is 10.8 Å². The van der Waals surface area contributed by atoms with Gasteiger partial charge >= 0.3 is 0 Å². The van der Waals surface area contributed by atoms with Gasteiger partial charge in [-0.1, -0.05) is 54.1 Å². The molecule has 1 aliphatic rings. The molecule has 3 aromatic rings. The van der Waals surface area contributed by atoms with Gasteiger partial charge in [0.25, 0.3) is 0 Å². The van der Waals surface area contributed by atoms with E-state index in [0.29, 0.717) is 49.7 Å². The number of primary amides is 1. The van der Waals surface area contributed by atoms with Crippen LogP contribution in [0.5, 0.6) is 5.75 Å². The Hall–Kier alpha value is -3.05. The predicted octanol–water partition coefficient (Wildman–Crippen LogP) is 4.60. The highest BCUT2D eigenvalue weighted by Gasteiger charge is 2.38. The van der Waals surface area contributed by atoms with Gasteiger partial charge in [0.1, 0.15) is 5.75 Å². The van der Waals surface area contributed by atoms with Crippen LogP contribution < -0.4 is 10.5 Å². The molecular weight excluding hydrogens is 424 g/mol. The fourth-order valence-electron chi connectivity index (χ4n) is 4.37. The van der Waals surface area contributed by atoms with Crippen LogP contribution in [0.3, 0.4) is 0 Å². The lowest BCUT2D eigenvalue weighted by Crippen LogP contribution is -2.47. The molecule has 2 N–H and O–H groups in total. The fraction of sp³-hybridized carbons (Fsp3) is 0.308. The molecule has 0 radical (unpaired) electrons. The van der Waals surface area contributed by atoms with Gasteiger partial charge in [0, 0.05) is 29.9 Å². The van der Waals surface area contributed by atoms with Crippen molar-refractivity contribution in [2.45, 2.75) is 25.7 Å². The third kappa shape index (κ3) is 5.40. The Labute approximate surface area is 193 Å². The number of fused-ring (bicyclic) bond motifs is 1.